The van der Waals surface area contributed by atoms with E-state index in [1.54, 1.807) is 0 Å². The summed E-state index contributed by atoms with van der Waals surface area (Å²) in [5.74, 6) is 0. The van der Waals surface area contributed by atoms with Crippen molar-refractivity contribution in [3.63, 3.8) is 0 Å². The van der Waals surface area contributed by atoms with E-state index in [1.165, 1.54) is 0 Å². The molecule has 0 atom stereocenters. The summed E-state index contributed by atoms with van der Waals surface area (Å²) in [6.07, 6.45) is 0. The fraction of sp³-hybridized carbons (Fsp3) is 1.00. The summed E-state index contributed by atoms with van der Waals surface area (Å²) in [5, 5.41) is 0. The van der Waals surface area contributed by atoms with E-state index in [4.69, 9.17) is 5.37 Å². The predicted octanol–water partition coefficient (Wildman–Crippen LogP) is 0.475. The van der Waals surface area contributed by atoms with E-state index in [9.17, 15) is 2.69 Å². The van der Waals surface area contributed by atoms with Crippen LogP contribution in [0.3, 0.4) is 0 Å². The van der Waals surface area contributed by atoms with E-state index in [2.05, 4.69) is 0 Å². The van der Waals surface area contributed by atoms with Crippen LogP contribution in [0.2, 0.25) is 0 Å². The zero-order chi connectivity index (χ0) is 6.41. The third-order valence-electron chi connectivity index (χ3n) is 0.524. The average Bonchev–Trinajstić information content (AvgIpc) is 1.68. The molecule has 0 spiro atoms. The average molecular weight is 313 g/mol. The second-order valence-corrected chi connectivity index (χ2v) is 5.30. The van der Waals surface area contributed by atoms with Gasteiger partial charge < -0.3 is 0 Å². The third kappa shape index (κ3) is 4.79. The van der Waals surface area contributed by atoms with Crippen LogP contribution in [0.1, 0.15) is 13.8 Å². The van der Waals surface area contributed by atoms with Gasteiger partial charge in [-0.05, 0) is 0 Å². The molecule has 0 radical (unpaired) electrons. The molecule has 0 saturated heterocycles. The zero-order valence-corrected chi connectivity index (χ0v) is 9.03. The first-order valence-electron chi connectivity index (χ1n) is 2.60. The van der Waals surface area contributed by atoms with Gasteiger partial charge in [0.15, 0.2) is 0 Å². The van der Waals surface area contributed by atoms with Gasteiger partial charge in [0.2, 0.25) is 0 Å². The molecule has 0 amide bonds. The van der Waals surface area contributed by atoms with Crippen LogP contribution in [0.4, 0.5) is 0 Å². The van der Waals surface area contributed by atoms with Crippen molar-refractivity contribution in [1.82, 2.24) is 0 Å². The molecule has 0 unspecified atom stereocenters. The van der Waals surface area contributed by atoms with Gasteiger partial charge in [0.1, 0.15) is 0 Å². The van der Waals surface area contributed by atoms with Crippen LogP contribution in [-0.2, 0) is 8.06 Å². The maximum absolute atomic E-state index is 10.5. The third-order valence-corrected chi connectivity index (χ3v) is 4.60. The predicted molar refractivity (Wildman–Crippen MR) is 29.7 cm³/mol. The van der Waals surface area contributed by atoms with Gasteiger partial charge in [-0.3, -0.25) is 0 Å². The van der Waals surface area contributed by atoms with Crippen LogP contribution in [0.5, 0.6) is 0 Å². The zero-order valence-electron chi connectivity index (χ0n) is 5.14. The number of hydrogen-bond acceptors (Lipinski definition) is 3. The molecule has 48 valence electrons. The number of rotatable bonds is 4. The standard InChI is InChI=1S/2C2H5O.O.Pb/c2*1-2-3;;/h2*2H2,1H3;;/q2*-1;;+2. The summed E-state index contributed by atoms with van der Waals surface area (Å²) in [4.78, 5) is 0. The van der Waals surface area contributed by atoms with Crippen molar-refractivity contribution in [3.8, 4) is 0 Å². The molecule has 3 nitrogen and oxygen atoms in total. The van der Waals surface area contributed by atoms with Gasteiger partial charge in [-0.2, -0.15) is 0 Å². The van der Waals surface area contributed by atoms with Crippen molar-refractivity contribution in [1.29, 1.82) is 0 Å². The quantitative estimate of drug-likeness (QED) is 0.708. The van der Waals surface area contributed by atoms with Gasteiger partial charge in [-0.1, -0.05) is 0 Å². The van der Waals surface area contributed by atoms with E-state index >= 15 is 0 Å². The van der Waals surface area contributed by atoms with Crippen molar-refractivity contribution in [2.24, 2.45) is 0 Å². The fourth-order valence-electron chi connectivity index (χ4n) is 0.277. The van der Waals surface area contributed by atoms with E-state index in [1.807, 2.05) is 13.8 Å². The molecule has 0 aromatic rings. The first-order valence-corrected chi connectivity index (χ1v) is 7.37. The first kappa shape index (κ1) is 8.64. The van der Waals surface area contributed by atoms with Crippen LogP contribution in [0.15, 0.2) is 0 Å². The van der Waals surface area contributed by atoms with Crippen molar-refractivity contribution < 1.29 is 8.06 Å². The second-order valence-electron chi connectivity index (χ2n) is 1.12. The SMILES string of the molecule is CC[O][Pb](=[O])[O]CC. The molecule has 0 saturated carbocycles. The van der Waals surface area contributed by atoms with Crippen LogP contribution < -0.4 is 0 Å². The Morgan fingerprint density at radius 3 is 1.88 bits per heavy atom. The Balaban J connectivity index is 3.06. The van der Waals surface area contributed by atoms with Gasteiger partial charge in [0, 0.05) is 0 Å². The molecule has 0 heterocycles. The summed E-state index contributed by atoms with van der Waals surface area (Å²) in [6, 6.07) is 0. The summed E-state index contributed by atoms with van der Waals surface area (Å²) in [5.41, 5.74) is 0. The Hall–Kier alpha value is 0.642. The molecule has 8 heavy (non-hydrogen) atoms. The van der Waals surface area contributed by atoms with Gasteiger partial charge >= 0.3 is 58.7 Å². The summed E-state index contributed by atoms with van der Waals surface area (Å²) in [6.45, 7) is 4.63. The topological polar surface area (TPSA) is 35.5 Å². The van der Waals surface area contributed by atoms with Gasteiger partial charge in [0.05, 0.1) is 0 Å². The summed E-state index contributed by atoms with van der Waals surface area (Å²) < 4.78 is 19.9. The molecular formula is C4H10O3Pb. The van der Waals surface area contributed by atoms with Crippen molar-refractivity contribution >= 4 is 23.6 Å². The van der Waals surface area contributed by atoms with Gasteiger partial charge in [-0.15, -0.1) is 0 Å². The Kier molecular flexibility index (Phi) is 6.24. The van der Waals surface area contributed by atoms with Crippen molar-refractivity contribution in [2.45, 2.75) is 13.8 Å². The van der Waals surface area contributed by atoms with E-state index < -0.39 is 23.6 Å². The van der Waals surface area contributed by atoms with Crippen LogP contribution in [0.25, 0.3) is 0 Å². The summed E-state index contributed by atoms with van der Waals surface area (Å²) >= 11 is -3.07. The van der Waals surface area contributed by atoms with Crippen LogP contribution in [0, 0.1) is 0 Å². The minimum atomic E-state index is -3.07. The fourth-order valence-corrected chi connectivity index (χ4v) is 2.43. The molecule has 0 N–H and O–H groups in total. The molecule has 0 aromatic heterocycles. The van der Waals surface area contributed by atoms with Gasteiger partial charge in [0.25, 0.3) is 0 Å². The molecule has 0 rings (SSSR count). The molecular weight excluding hydrogens is 303 g/mol. The normalized spacial score (nSPS) is 9.25. The Bertz CT molecular complexity index is 65.7. The molecule has 0 fully saturated rings. The summed E-state index contributed by atoms with van der Waals surface area (Å²) in [7, 11) is 0. The van der Waals surface area contributed by atoms with Crippen LogP contribution in [-0.4, -0.2) is 36.8 Å². The molecule has 0 aliphatic rings. The molecule has 0 aromatic carbocycles. The van der Waals surface area contributed by atoms with Crippen molar-refractivity contribution in [2.75, 3.05) is 13.2 Å². The van der Waals surface area contributed by atoms with E-state index in [0.717, 1.165) is 0 Å². The second kappa shape index (κ2) is 5.77. The Morgan fingerprint density at radius 1 is 1.25 bits per heavy atom. The minimum absolute atomic E-state index is 0.506. The number of hydrogen-bond donors (Lipinski definition) is 0. The Morgan fingerprint density at radius 2 is 1.62 bits per heavy atom. The van der Waals surface area contributed by atoms with Crippen LogP contribution >= 0.6 is 0 Å². The van der Waals surface area contributed by atoms with E-state index in [0.29, 0.717) is 13.2 Å². The maximum atomic E-state index is 10.5. The van der Waals surface area contributed by atoms with Gasteiger partial charge in [-0.25, -0.2) is 0 Å². The molecule has 0 bridgehead atoms. The molecule has 4 heteroatoms. The Labute approximate surface area is 58.9 Å². The van der Waals surface area contributed by atoms with E-state index in [-0.39, 0.29) is 0 Å². The molecule has 0 aliphatic heterocycles. The van der Waals surface area contributed by atoms with Crippen molar-refractivity contribution in [3.05, 3.63) is 0 Å². The first-order chi connectivity index (χ1) is 3.81. The molecule has 0 aliphatic carbocycles. The monoisotopic (exact) mass is 314 g/mol.